The lowest BCUT2D eigenvalue weighted by atomic mass is 9.98. The van der Waals surface area contributed by atoms with Gasteiger partial charge >= 0.3 is 5.69 Å². The zero-order valence-corrected chi connectivity index (χ0v) is 13.7. The van der Waals surface area contributed by atoms with Crippen LogP contribution in [-0.4, -0.2) is 21.0 Å². The van der Waals surface area contributed by atoms with Crippen LogP contribution in [0.25, 0.3) is 0 Å². The highest BCUT2D eigenvalue weighted by Gasteiger charge is 2.27. The number of halogens is 1. The van der Waals surface area contributed by atoms with Gasteiger partial charge < -0.3 is 10.1 Å². The highest BCUT2D eigenvalue weighted by molar-refractivity contribution is 6.33. The number of hydrogen-bond donors (Lipinski definition) is 1. The monoisotopic (exact) mass is 348 g/mol. The molecule has 2 aromatic rings. The Kier molecular flexibility index (Phi) is 5.10. The minimum absolute atomic E-state index is 0.00328. The molecule has 1 aliphatic rings. The van der Waals surface area contributed by atoms with Gasteiger partial charge in [-0.1, -0.05) is 30.2 Å². The molecule has 8 heteroatoms. The zero-order valence-electron chi connectivity index (χ0n) is 12.9. The van der Waals surface area contributed by atoms with E-state index in [-0.39, 0.29) is 23.5 Å². The molecule has 1 saturated carbocycles. The molecule has 1 aliphatic carbocycles. The lowest BCUT2D eigenvalue weighted by Crippen LogP contribution is -2.21. The van der Waals surface area contributed by atoms with Gasteiger partial charge in [0, 0.05) is 0 Å². The number of anilines is 2. The van der Waals surface area contributed by atoms with Crippen LogP contribution in [0.4, 0.5) is 17.2 Å². The molecule has 1 aromatic heterocycles. The van der Waals surface area contributed by atoms with E-state index in [0.29, 0.717) is 10.7 Å². The van der Waals surface area contributed by atoms with E-state index in [4.69, 9.17) is 16.3 Å². The second kappa shape index (κ2) is 7.44. The highest BCUT2D eigenvalue weighted by atomic mass is 35.5. The Hall–Kier alpha value is -2.41. The molecule has 1 aromatic carbocycles. The fraction of sp³-hybridized carbons (Fsp3) is 0.375. The molecule has 0 unspecified atom stereocenters. The van der Waals surface area contributed by atoms with Crippen LogP contribution in [0.3, 0.4) is 0 Å². The summed E-state index contributed by atoms with van der Waals surface area (Å²) in [7, 11) is 0. The number of para-hydroxylation sites is 1. The number of hydrogen-bond acceptors (Lipinski definition) is 6. The third-order valence-corrected chi connectivity index (χ3v) is 4.26. The molecule has 0 amide bonds. The van der Waals surface area contributed by atoms with Gasteiger partial charge in [-0.3, -0.25) is 10.1 Å². The first-order valence-corrected chi connectivity index (χ1v) is 8.20. The van der Waals surface area contributed by atoms with Gasteiger partial charge in [0.15, 0.2) is 0 Å². The van der Waals surface area contributed by atoms with Crippen molar-refractivity contribution >= 4 is 28.8 Å². The van der Waals surface area contributed by atoms with E-state index in [1.165, 1.54) is 12.7 Å². The standard InChI is InChI=1S/C16H17ClN4O3/c17-12-8-4-5-9-13(12)20-15-14(21(22)23)16(19-10-18-15)24-11-6-2-1-3-7-11/h4-5,8-11H,1-3,6-7H2,(H,18,19,20). The number of nitrogens with zero attached hydrogens (tertiary/aromatic N) is 3. The third-order valence-electron chi connectivity index (χ3n) is 3.93. The fourth-order valence-electron chi connectivity index (χ4n) is 2.74. The molecular weight excluding hydrogens is 332 g/mol. The number of ether oxygens (including phenoxy) is 1. The van der Waals surface area contributed by atoms with Crippen LogP contribution in [0, 0.1) is 10.1 Å². The van der Waals surface area contributed by atoms with Crippen LogP contribution < -0.4 is 10.1 Å². The van der Waals surface area contributed by atoms with Crippen molar-refractivity contribution in [2.24, 2.45) is 0 Å². The smallest absolute Gasteiger partial charge is 0.373 e. The Balaban J connectivity index is 1.90. The maximum Gasteiger partial charge on any atom is 0.373 e. The molecular formula is C16H17ClN4O3. The minimum atomic E-state index is -0.530. The Morgan fingerprint density at radius 2 is 1.96 bits per heavy atom. The highest BCUT2D eigenvalue weighted by Crippen LogP contribution is 2.36. The largest absolute Gasteiger partial charge is 0.469 e. The number of benzene rings is 1. The van der Waals surface area contributed by atoms with Crippen LogP contribution in [0.15, 0.2) is 30.6 Å². The first-order chi connectivity index (χ1) is 11.6. The Labute approximate surface area is 144 Å². The van der Waals surface area contributed by atoms with Gasteiger partial charge in [0.05, 0.1) is 15.6 Å². The molecule has 0 aliphatic heterocycles. The summed E-state index contributed by atoms with van der Waals surface area (Å²) >= 11 is 6.09. The quantitative estimate of drug-likeness (QED) is 0.632. The van der Waals surface area contributed by atoms with Gasteiger partial charge in [0.25, 0.3) is 5.88 Å². The second-order valence-corrected chi connectivity index (χ2v) is 6.02. The molecule has 0 saturated heterocycles. The molecule has 1 fully saturated rings. The van der Waals surface area contributed by atoms with Crippen molar-refractivity contribution in [3.05, 3.63) is 45.7 Å². The van der Waals surface area contributed by atoms with Crippen molar-refractivity contribution in [2.75, 3.05) is 5.32 Å². The summed E-state index contributed by atoms with van der Waals surface area (Å²) < 4.78 is 5.79. The summed E-state index contributed by atoms with van der Waals surface area (Å²) in [6.45, 7) is 0. The SMILES string of the molecule is O=[N+]([O-])c1c(Nc2ccccc2Cl)ncnc1OC1CCCCC1. The normalized spacial score (nSPS) is 15.0. The number of aromatic nitrogens is 2. The van der Waals surface area contributed by atoms with Crippen LogP contribution in [0.1, 0.15) is 32.1 Å². The summed E-state index contributed by atoms with van der Waals surface area (Å²) in [5.74, 6) is 0.0605. The van der Waals surface area contributed by atoms with E-state index in [1.807, 2.05) is 0 Å². The molecule has 126 valence electrons. The van der Waals surface area contributed by atoms with Gasteiger partial charge in [-0.05, 0) is 37.8 Å². The molecule has 1 N–H and O–H groups in total. The van der Waals surface area contributed by atoms with Crippen LogP contribution in [0.5, 0.6) is 5.88 Å². The third kappa shape index (κ3) is 3.73. The van der Waals surface area contributed by atoms with Crippen LogP contribution >= 0.6 is 11.6 Å². The molecule has 0 atom stereocenters. The molecule has 1 heterocycles. The minimum Gasteiger partial charge on any atom is -0.469 e. The van der Waals surface area contributed by atoms with Crippen molar-refractivity contribution in [1.29, 1.82) is 0 Å². The first-order valence-electron chi connectivity index (χ1n) is 7.83. The van der Waals surface area contributed by atoms with Crippen molar-refractivity contribution in [3.63, 3.8) is 0 Å². The summed E-state index contributed by atoms with van der Waals surface area (Å²) in [6.07, 6.45) is 6.28. The van der Waals surface area contributed by atoms with Gasteiger partial charge in [-0.15, -0.1) is 0 Å². The summed E-state index contributed by atoms with van der Waals surface area (Å²) in [5.41, 5.74) is 0.257. The predicted molar refractivity (Wildman–Crippen MR) is 90.9 cm³/mol. The predicted octanol–water partition coefficient (Wildman–Crippen LogP) is 4.49. The van der Waals surface area contributed by atoms with Gasteiger partial charge in [0.2, 0.25) is 5.82 Å². The zero-order chi connectivity index (χ0) is 16.9. The summed E-state index contributed by atoms with van der Waals surface area (Å²) in [6, 6.07) is 6.96. The molecule has 7 nitrogen and oxygen atoms in total. The van der Waals surface area contributed by atoms with E-state index in [2.05, 4.69) is 15.3 Å². The molecule has 3 rings (SSSR count). The van der Waals surface area contributed by atoms with Gasteiger partial charge in [0.1, 0.15) is 12.4 Å². The van der Waals surface area contributed by atoms with E-state index in [0.717, 1.165) is 25.7 Å². The lowest BCUT2D eigenvalue weighted by molar-refractivity contribution is -0.385. The lowest BCUT2D eigenvalue weighted by Gasteiger charge is -2.22. The second-order valence-electron chi connectivity index (χ2n) is 5.62. The topological polar surface area (TPSA) is 90.2 Å². The molecule has 0 bridgehead atoms. The number of nitro groups is 1. The van der Waals surface area contributed by atoms with Crippen LogP contribution in [0.2, 0.25) is 5.02 Å². The van der Waals surface area contributed by atoms with E-state index < -0.39 is 4.92 Å². The van der Waals surface area contributed by atoms with E-state index in [9.17, 15) is 10.1 Å². The maximum absolute atomic E-state index is 11.5. The van der Waals surface area contributed by atoms with Gasteiger partial charge in [-0.2, -0.15) is 4.98 Å². The van der Waals surface area contributed by atoms with Crippen molar-refractivity contribution in [3.8, 4) is 5.88 Å². The summed E-state index contributed by atoms with van der Waals surface area (Å²) in [4.78, 5) is 19.0. The van der Waals surface area contributed by atoms with Crippen LogP contribution in [-0.2, 0) is 0 Å². The van der Waals surface area contributed by atoms with E-state index >= 15 is 0 Å². The number of rotatable bonds is 5. The average molecular weight is 349 g/mol. The first kappa shape index (κ1) is 16.4. The van der Waals surface area contributed by atoms with Crippen molar-refractivity contribution < 1.29 is 9.66 Å². The maximum atomic E-state index is 11.5. The van der Waals surface area contributed by atoms with Gasteiger partial charge in [-0.25, -0.2) is 4.98 Å². The van der Waals surface area contributed by atoms with E-state index in [1.54, 1.807) is 24.3 Å². The fourth-order valence-corrected chi connectivity index (χ4v) is 2.92. The molecule has 0 spiro atoms. The Morgan fingerprint density at radius 3 is 2.67 bits per heavy atom. The van der Waals surface area contributed by atoms with Crippen molar-refractivity contribution in [1.82, 2.24) is 9.97 Å². The Bertz CT molecular complexity index is 735. The average Bonchev–Trinajstić information content (AvgIpc) is 2.58. The Morgan fingerprint density at radius 1 is 1.21 bits per heavy atom. The summed E-state index contributed by atoms with van der Waals surface area (Å²) in [5, 5.41) is 14.9. The van der Waals surface area contributed by atoms with Crippen molar-refractivity contribution in [2.45, 2.75) is 38.2 Å². The number of nitrogens with one attached hydrogen (secondary N) is 1. The molecule has 24 heavy (non-hydrogen) atoms. The molecule has 0 radical (unpaired) electrons.